The largest absolute Gasteiger partial charge is 0.462 e. The van der Waals surface area contributed by atoms with E-state index in [0.29, 0.717) is 19.3 Å². The van der Waals surface area contributed by atoms with E-state index in [1.54, 1.807) is 0 Å². The molecule has 6 nitrogen and oxygen atoms in total. The molecule has 0 saturated heterocycles. The van der Waals surface area contributed by atoms with Gasteiger partial charge in [-0.05, 0) is 135 Å². The molecular weight excluding hydrogens is 949 g/mol. The smallest absolute Gasteiger partial charge is 0.306 e. The number of esters is 3. The summed E-state index contributed by atoms with van der Waals surface area (Å²) in [5, 5.41) is 0. The van der Waals surface area contributed by atoms with E-state index >= 15 is 0 Å². The van der Waals surface area contributed by atoms with Crippen LogP contribution in [0, 0.1) is 0 Å². The molecule has 0 aromatic carbocycles. The lowest BCUT2D eigenvalue weighted by Crippen LogP contribution is -2.30. The number of carbonyl (C=O) groups excluding carboxylic acids is 3. The summed E-state index contributed by atoms with van der Waals surface area (Å²) in [6.07, 6.45) is 92.6. The Bertz CT molecular complexity index is 1740. The van der Waals surface area contributed by atoms with E-state index in [1.807, 2.05) is 12.2 Å². The molecule has 0 bridgehead atoms. The summed E-state index contributed by atoms with van der Waals surface area (Å²) >= 11 is 0. The molecule has 0 N–H and O–H groups in total. The van der Waals surface area contributed by atoms with E-state index in [9.17, 15) is 14.4 Å². The van der Waals surface area contributed by atoms with E-state index in [-0.39, 0.29) is 44.0 Å². The van der Waals surface area contributed by atoms with Crippen LogP contribution < -0.4 is 0 Å². The standard InChI is InChI=1S/C71H112O6/c1-4-7-10-13-16-19-22-25-27-29-31-33-34-35-36-38-39-41-43-46-49-52-55-58-61-64-70(73)76-67-68(66-75-69(72)63-60-57-54-51-48-45-24-21-18-15-12-9-6-3)77-71(74)65-62-59-56-53-50-47-44-42-40-37-32-30-28-26-23-20-17-14-11-8-5-2/h8-9,11-12,17-18,20-22,25-26,28-29,31-32,34-35,37,42,44-45,48,50,53-54,57,68H,4-7,10,13-16,19,23-24,27,30,33,36,38-41,43,46-47,49,51-52,55-56,58-67H2,1-3H3/b11-8-,12-9-,20-17-,21-18-,25-22-,28-26-,31-29-,35-34-,37-32-,44-42-,48-45-,53-50-,57-54-. The topological polar surface area (TPSA) is 78.9 Å². The van der Waals surface area contributed by atoms with Gasteiger partial charge in [-0.3, -0.25) is 14.4 Å². The minimum atomic E-state index is -0.841. The Kier molecular flexibility index (Phi) is 59.5. The summed E-state index contributed by atoms with van der Waals surface area (Å²) in [6, 6.07) is 0. The van der Waals surface area contributed by atoms with Crippen LogP contribution in [0.4, 0.5) is 0 Å². The third kappa shape index (κ3) is 61.8. The average molecular weight is 1060 g/mol. The normalized spacial score (nSPS) is 13.2. The van der Waals surface area contributed by atoms with Crippen molar-refractivity contribution < 1.29 is 28.6 Å². The molecule has 0 radical (unpaired) electrons. The van der Waals surface area contributed by atoms with Crippen LogP contribution in [0.2, 0.25) is 0 Å². The molecule has 0 amide bonds. The molecule has 0 rings (SSSR count). The molecule has 6 heteroatoms. The zero-order valence-electron chi connectivity index (χ0n) is 49.4. The Balaban J connectivity index is 4.48. The Morgan fingerprint density at radius 3 is 0.896 bits per heavy atom. The summed E-state index contributed by atoms with van der Waals surface area (Å²) in [6.45, 7) is 6.29. The first-order chi connectivity index (χ1) is 38.0. The molecule has 0 aliphatic heterocycles. The second kappa shape index (κ2) is 63.6. The summed E-state index contributed by atoms with van der Waals surface area (Å²) in [5.41, 5.74) is 0. The Morgan fingerprint density at radius 1 is 0.273 bits per heavy atom. The van der Waals surface area contributed by atoms with Gasteiger partial charge in [0.2, 0.25) is 0 Å². The molecule has 1 atom stereocenters. The first-order valence-electron chi connectivity index (χ1n) is 31.0. The molecule has 1 unspecified atom stereocenters. The van der Waals surface area contributed by atoms with Gasteiger partial charge in [-0.2, -0.15) is 0 Å². The predicted molar refractivity (Wildman–Crippen MR) is 334 cm³/mol. The van der Waals surface area contributed by atoms with E-state index in [0.717, 1.165) is 109 Å². The van der Waals surface area contributed by atoms with Crippen LogP contribution in [0.1, 0.15) is 252 Å². The number of ether oxygens (including phenoxy) is 3. The summed E-state index contributed by atoms with van der Waals surface area (Å²) in [5.74, 6) is -1.07. The summed E-state index contributed by atoms with van der Waals surface area (Å²) in [4.78, 5) is 38.2. The number of allylic oxidation sites excluding steroid dienone is 26. The summed E-state index contributed by atoms with van der Waals surface area (Å²) in [7, 11) is 0. The highest BCUT2D eigenvalue weighted by Gasteiger charge is 2.19. The monoisotopic (exact) mass is 1060 g/mol. The van der Waals surface area contributed by atoms with Gasteiger partial charge >= 0.3 is 17.9 Å². The third-order valence-corrected chi connectivity index (χ3v) is 12.5. The van der Waals surface area contributed by atoms with Crippen LogP contribution in [-0.2, 0) is 28.6 Å². The zero-order valence-corrected chi connectivity index (χ0v) is 49.4. The predicted octanol–water partition coefficient (Wildman–Crippen LogP) is 21.3. The van der Waals surface area contributed by atoms with Gasteiger partial charge in [-0.15, -0.1) is 0 Å². The molecule has 0 aromatic rings. The fourth-order valence-corrected chi connectivity index (χ4v) is 7.94. The van der Waals surface area contributed by atoms with Crippen molar-refractivity contribution in [3.63, 3.8) is 0 Å². The van der Waals surface area contributed by atoms with Crippen LogP contribution in [0.15, 0.2) is 158 Å². The number of unbranched alkanes of at least 4 members (excludes halogenated alkanes) is 17. The average Bonchev–Trinajstić information content (AvgIpc) is 3.43. The first-order valence-corrected chi connectivity index (χ1v) is 31.0. The second-order valence-electron chi connectivity index (χ2n) is 19.8. The maximum atomic E-state index is 12.9. The van der Waals surface area contributed by atoms with Crippen LogP contribution in [0.3, 0.4) is 0 Å². The first kappa shape index (κ1) is 72.0. The minimum Gasteiger partial charge on any atom is -0.462 e. The number of rotatable bonds is 54. The molecule has 432 valence electrons. The number of hydrogen-bond acceptors (Lipinski definition) is 6. The lowest BCUT2D eigenvalue weighted by molar-refractivity contribution is -0.166. The van der Waals surface area contributed by atoms with Crippen molar-refractivity contribution >= 4 is 17.9 Å². The molecule has 0 fully saturated rings. The Morgan fingerprint density at radius 2 is 0.532 bits per heavy atom. The highest BCUT2D eigenvalue weighted by molar-refractivity contribution is 5.71. The fraction of sp³-hybridized carbons (Fsp3) is 0.592. The van der Waals surface area contributed by atoms with Gasteiger partial charge in [-0.1, -0.05) is 256 Å². The van der Waals surface area contributed by atoms with Gasteiger partial charge in [0.15, 0.2) is 6.10 Å². The Labute approximate surface area is 473 Å². The molecule has 0 heterocycles. The van der Waals surface area contributed by atoms with Gasteiger partial charge < -0.3 is 14.2 Å². The third-order valence-electron chi connectivity index (χ3n) is 12.5. The van der Waals surface area contributed by atoms with Gasteiger partial charge in [0.05, 0.1) is 0 Å². The molecular formula is C71H112O6. The number of hydrogen-bond donors (Lipinski definition) is 0. The van der Waals surface area contributed by atoms with E-state index < -0.39 is 6.10 Å². The van der Waals surface area contributed by atoms with Gasteiger partial charge in [0.25, 0.3) is 0 Å². The fourth-order valence-electron chi connectivity index (χ4n) is 7.94. The van der Waals surface area contributed by atoms with Gasteiger partial charge in [-0.25, -0.2) is 0 Å². The highest BCUT2D eigenvalue weighted by atomic mass is 16.6. The van der Waals surface area contributed by atoms with Crippen molar-refractivity contribution in [1.29, 1.82) is 0 Å². The summed E-state index contributed by atoms with van der Waals surface area (Å²) < 4.78 is 16.8. The molecule has 0 spiro atoms. The Hall–Kier alpha value is -4.97. The van der Waals surface area contributed by atoms with E-state index in [4.69, 9.17) is 14.2 Å². The van der Waals surface area contributed by atoms with Crippen LogP contribution >= 0.6 is 0 Å². The SMILES string of the molecule is CC/C=C\C/C=C\C/C=C\C/C=C\C/C=C\C/C=C\CCCCC(=O)OC(COC(=O)CC/C=C\C/C=C\C/C=C\C/C=C\CC)COC(=O)CCCCCCCCCCCC/C=C\C/C=C\C/C=C\CCCCCCC. The minimum absolute atomic E-state index is 0.127. The molecule has 0 aliphatic carbocycles. The zero-order chi connectivity index (χ0) is 55.7. The van der Waals surface area contributed by atoms with Crippen LogP contribution in [-0.4, -0.2) is 37.2 Å². The lowest BCUT2D eigenvalue weighted by atomic mass is 10.1. The van der Waals surface area contributed by atoms with Crippen LogP contribution in [0.25, 0.3) is 0 Å². The van der Waals surface area contributed by atoms with Crippen molar-refractivity contribution in [2.24, 2.45) is 0 Å². The van der Waals surface area contributed by atoms with Gasteiger partial charge in [0.1, 0.15) is 13.2 Å². The lowest BCUT2D eigenvalue weighted by Gasteiger charge is -2.18. The molecule has 0 aromatic heterocycles. The van der Waals surface area contributed by atoms with Crippen LogP contribution in [0.5, 0.6) is 0 Å². The van der Waals surface area contributed by atoms with E-state index in [2.05, 4.69) is 167 Å². The highest BCUT2D eigenvalue weighted by Crippen LogP contribution is 2.14. The molecule has 77 heavy (non-hydrogen) atoms. The van der Waals surface area contributed by atoms with Crippen molar-refractivity contribution in [3.05, 3.63) is 158 Å². The van der Waals surface area contributed by atoms with Crippen molar-refractivity contribution in [1.82, 2.24) is 0 Å². The molecule has 0 saturated carbocycles. The number of carbonyl (C=O) groups is 3. The maximum absolute atomic E-state index is 12.9. The van der Waals surface area contributed by atoms with Gasteiger partial charge in [0, 0.05) is 19.3 Å². The van der Waals surface area contributed by atoms with Crippen molar-refractivity contribution in [3.8, 4) is 0 Å². The van der Waals surface area contributed by atoms with Crippen molar-refractivity contribution in [2.75, 3.05) is 13.2 Å². The van der Waals surface area contributed by atoms with Crippen molar-refractivity contribution in [2.45, 2.75) is 258 Å². The molecule has 0 aliphatic rings. The van der Waals surface area contributed by atoms with E-state index in [1.165, 1.54) is 89.9 Å². The quantitative estimate of drug-likeness (QED) is 0.0261. The maximum Gasteiger partial charge on any atom is 0.306 e. The second-order valence-corrected chi connectivity index (χ2v) is 19.8.